The number of rotatable bonds is 3. The third kappa shape index (κ3) is 3.36. The maximum atomic E-state index is 12.1. The van der Waals surface area contributed by atoms with Crippen LogP contribution in [0.3, 0.4) is 0 Å². The lowest BCUT2D eigenvalue weighted by Crippen LogP contribution is -2.24. The Hall–Kier alpha value is -0.580. The summed E-state index contributed by atoms with van der Waals surface area (Å²) in [5, 5.41) is 0. The predicted octanol–water partition coefficient (Wildman–Crippen LogP) is 1.79. The number of hydrogen-bond donors (Lipinski definition) is 1. The van der Waals surface area contributed by atoms with Crippen molar-refractivity contribution in [2.24, 2.45) is 5.73 Å². The van der Waals surface area contributed by atoms with Crippen molar-refractivity contribution in [2.75, 3.05) is 6.54 Å². The van der Waals surface area contributed by atoms with Gasteiger partial charge >= 0.3 is 12.3 Å². The van der Waals surface area contributed by atoms with Crippen molar-refractivity contribution < 1.29 is 17.6 Å². The van der Waals surface area contributed by atoms with E-state index in [9.17, 15) is 17.6 Å². The van der Waals surface area contributed by atoms with E-state index in [-0.39, 0.29) is 18.2 Å². The molecule has 66 valence electrons. The van der Waals surface area contributed by atoms with Crippen molar-refractivity contribution in [3.8, 4) is 0 Å². The second-order valence-electron chi connectivity index (χ2n) is 2.17. The molecule has 0 saturated carbocycles. The molecule has 0 atom stereocenters. The molecule has 0 unspecified atom stereocenters. The second kappa shape index (κ2) is 3.71. The lowest BCUT2D eigenvalue weighted by Gasteiger charge is -2.10. The Morgan fingerprint density at radius 1 is 1.55 bits per heavy atom. The van der Waals surface area contributed by atoms with Crippen LogP contribution in [0.1, 0.15) is 6.92 Å². The molecular formula is C6H9F4N. The summed E-state index contributed by atoms with van der Waals surface area (Å²) in [7, 11) is 0. The summed E-state index contributed by atoms with van der Waals surface area (Å²) in [6, 6.07) is 0. The molecule has 0 amide bonds. The van der Waals surface area contributed by atoms with E-state index in [4.69, 9.17) is 5.73 Å². The summed E-state index contributed by atoms with van der Waals surface area (Å²) >= 11 is 0. The number of hydrogen-bond acceptors (Lipinski definition) is 1. The van der Waals surface area contributed by atoms with Crippen LogP contribution >= 0.6 is 0 Å². The Kier molecular flexibility index (Phi) is 3.51. The molecule has 0 aliphatic rings. The molecule has 0 saturated heterocycles. The van der Waals surface area contributed by atoms with E-state index in [1.54, 1.807) is 0 Å². The second-order valence-corrected chi connectivity index (χ2v) is 2.17. The third-order valence-corrected chi connectivity index (χ3v) is 1.05. The molecule has 0 bridgehead atoms. The normalized spacial score (nSPS) is 14.3. The number of alkyl halides is 4. The summed E-state index contributed by atoms with van der Waals surface area (Å²) in [5.74, 6) is -4.05. The monoisotopic (exact) mass is 171 g/mol. The van der Waals surface area contributed by atoms with E-state index in [1.807, 2.05) is 0 Å². The molecule has 0 radical (unpaired) electrons. The minimum Gasteiger partial charge on any atom is -0.327 e. The van der Waals surface area contributed by atoms with E-state index in [0.717, 1.165) is 0 Å². The fourth-order valence-electron chi connectivity index (χ4n) is 0.450. The first-order valence-corrected chi connectivity index (χ1v) is 2.94. The molecule has 0 aliphatic heterocycles. The topological polar surface area (TPSA) is 26.0 Å². The van der Waals surface area contributed by atoms with Crippen molar-refractivity contribution in [3.05, 3.63) is 11.6 Å². The molecule has 0 aliphatic carbocycles. The Labute approximate surface area is 61.9 Å². The van der Waals surface area contributed by atoms with Gasteiger partial charge in [-0.05, 0) is 13.0 Å². The van der Waals surface area contributed by atoms with Gasteiger partial charge in [0.15, 0.2) is 0 Å². The van der Waals surface area contributed by atoms with Crippen molar-refractivity contribution in [2.45, 2.75) is 19.3 Å². The molecule has 0 spiro atoms. The lowest BCUT2D eigenvalue weighted by atomic mass is 10.2. The van der Waals surface area contributed by atoms with Crippen LogP contribution in [0.2, 0.25) is 0 Å². The Morgan fingerprint density at radius 2 is 2.00 bits per heavy atom. The van der Waals surface area contributed by atoms with Crippen LogP contribution in [0.15, 0.2) is 11.6 Å². The van der Waals surface area contributed by atoms with E-state index >= 15 is 0 Å². The van der Waals surface area contributed by atoms with Gasteiger partial charge in [0.25, 0.3) is 0 Å². The van der Waals surface area contributed by atoms with Crippen molar-refractivity contribution in [3.63, 3.8) is 0 Å². The van der Waals surface area contributed by atoms with Gasteiger partial charge in [0.2, 0.25) is 0 Å². The highest BCUT2D eigenvalue weighted by Crippen LogP contribution is 2.25. The fourth-order valence-corrected chi connectivity index (χ4v) is 0.450. The first kappa shape index (κ1) is 10.4. The van der Waals surface area contributed by atoms with Gasteiger partial charge < -0.3 is 5.73 Å². The summed E-state index contributed by atoms with van der Waals surface area (Å²) < 4.78 is 47.2. The summed E-state index contributed by atoms with van der Waals surface area (Å²) in [6.45, 7) is 1.14. The summed E-state index contributed by atoms with van der Waals surface area (Å²) in [5.41, 5.74) is 4.98. The molecule has 11 heavy (non-hydrogen) atoms. The number of nitrogens with two attached hydrogens (primary N) is 1. The highest BCUT2D eigenvalue weighted by molar-refractivity contribution is 5.07. The molecule has 0 aromatic carbocycles. The molecule has 1 nitrogen and oxygen atoms in total. The minimum atomic E-state index is -4.05. The Bertz CT molecular complexity index is 153. The van der Waals surface area contributed by atoms with Gasteiger partial charge in [0.05, 0.1) is 0 Å². The summed E-state index contributed by atoms with van der Waals surface area (Å²) in [6.07, 6.45) is -3.47. The molecular weight excluding hydrogens is 162 g/mol. The van der Waals surface area contributed by atoms with Gasteiger partial charge in [0, 0.05) is 6.54 Å². The first-order chi connectivity index (χ1) is 4.90. The number of halogens is 4. The van der Waals surface area contributed by atoms with Crippen LogP contribution in [0.4, 0.5) is 17.6 Å². The van der Waals surface area contributed by atoms with E-state index in [1.165, 1.54) is 6.92 Å². The zero-order valence-corrected chi connectivity index (χ0v) is 5.95. The van der Waals surface area contributed by atoms with Gasteiger partial charge in [-0.15, -0.1) is 0 Å². The molecule has 0 heterocycles. The lowest BCUT2D eigenvalue weighted by molar-refractivity contribution is -0.0911. The van der Waals surface area contributed by atoms with Gasteiger partial charge in [-0.1, -0.05) is 5.57 Å². The molecule has 0 fully saturated rings. The SMILES string of the molecule is C/C(=C\C(F)(F)C(F)F)CN. The van der Waals surface area contributed by atoms with Crippen molar-refractivity contribution in [1.29, 1.82) is 0 Å². The summed E-state index contributed by atoms with van der Waals surface area (Å²) in [4.78, 5) is 0. The molecule has 5 heteroatoms. The van der Waals surface area contributed by atoms with Crippen molar-refractivity contribution >= 4 is 0 Å². The quantitative estimate of drug-likeness (QED) is 0.508. The molecule has 2 N–H and O–H groups in total. The van der Waals surface area contributed by atoms with Crippen LogP contribution < -0.4 is 5.73 Å². The number of allylic oxidation sites excluding steroid dienone is 1. The minimum absolute atomic E-state index is 0.0512. The van der Waals surface area contributed by atoms with E-state index < -0.39 is 12.3 Å². The van der Waals surface area contributed by atoms with Gasteiger partial charge in [-0.3, -0.25) is 0 Å². The zero-order chi connectivity index (χ0) is 9.07. The van der Waals surface area contributed by atoms with E-state index in [2.05, 4.69) is 0 Å². The molecule has 0 aromatic heterocycles. The predicted molar refractivity (Wildman–Crippen MR) is 33.8 cm³/mol. The molecule has 0 aromatic rings. The van der Waals surface area contributed by atoms with Crippen LogP contribution in [0.25, 0.3) is 0 Å². The third-order valence-electron chi connectivity index (χ3n) is 1.05. The smallest absolute Gasteiger partial charge is 0.326 e. The van der Waals surface area contributed by atoms with Gasteiger partial charge in [-0.2, -0.15) is 8.78 Å². The highest BCUT2D eigenvalue weighted by atomic mass is 19.3. The van der Waals surface area contributed by atoms with Crippen LogP contribution in [-0.4, -0.2) is 18.9 Å². The van der Waals surface area contributed by atoms with Crippen LogP contribution in [0.5, 0.6) is 0 Å². The maximum absolute atomic E-state index is 12.1. The van der Waals surface area contributed by atoms with Crippen LogP contribution in [-0.2, 0) is 0 Å². The largest absolute Gasteiger partial charge is 0.327 e. The van der Waals surface area contributed by atoms with Gasteiger partial charge in [-0.25, -0.2) is 8.78 Å². The average Bonchev–Trinajstić information content (AvgIpc) is 1.86. The highest BCUT2D eigenvalue weighted by Gasteiger charge is 2.37. The maximum Gasteiger partial charge on any atom is 0.326 e. The zero-order valence-electron chi connectivity index (χ0n) is 5.95. The van der Waals surface area contributed by atoms with E-state index in [0.29, 0.717) is 0 Å². The van der Waals surface area contributed by atoms with Crippen molar-refractivity contribution in [1.82, 2.24) is 0 Å². The average molecular weight is 171 g/mol. The van der Waals surface area contributed by atoms with Crippen LogP contribution in [0, 0.1) is 0 Å². The Balaban J connectivity index is 4.33. The first-order valence-electron chi connectivity index (χ1n) is 2.94. The molecule has 0 rings (SSSR count). The van der Waals surface area contributed by atoms with Gasteiger partial charge in [0.1, 0.15) is 0 Å². The Morgan fingerprint density at radius 3 is 2.27 bits per heavy atom. The fraction of sp³-hybridized carbons (Fsp3) is 0.667. The standard InChI is InChI=1S/C6H9F4N/c1-4(3-11)2-6(9,10)5(7)8/h2,5H,3,11H2,1H3/b4-2+.